The lowest BCUT2D eigenvalue weighted by Gasteiger charge is -2.16. The van der Waals surface area contributed by atoms with E-state index >= 15 is 0 Å². The average molecular weight is 409 g/mol. The van der Waals surface area contributed by atoms with E-state index in [1.54, 1.807) is 6.07 Å². The first kappa shape index (κ1) is 18.1. The molecule has 0 unspecified atom stereocenters. The van der Waals surface area contributed by atoms with Crippen LogP contribution >= 0.6 is 24.0 Å². The quantitative estimate of drug-likeness (QED) is 0.445. The van der Waals surface area contributed by atoms with Crippen molar-refractivity contribution < 1.29 is 8.78 Å². The zero-order valence-corrected chi connectivity index (χ0v) is 14.7. The standard InChI is InChI=1S/C15H21F2N3.HI/c1-3-18-14(19-4-2)20-10-15(7-8-15)12-6-5-11(16)9-13(12)17;/h5-6,9H,3-4,7-8,10H2,1-2H3,(H2,18,19,20);1H. The normalized spacial score (nSPS) is 14.9. The molecule has 3 nitrogen and oxygen atoms in total. The van der Waals surface area contributed by atoms with E-state index < -0.39 is 11.6 Å². The van der Waals surface area contributed by atoms with Crippen LogP contribution in [0.25, 0.3) is 0 Å². The van der Waals surface area contributed by atoms with E-state index in [-0.39, 0.29) is 29.4 Å². The highest BCUT2D eigenvalue weighted by molar-refractivity contribution is 14.0. The van der Waals surface area contributed by atoms with Crippen molar-refractivity contribution in [2.75, 3.05) is 19.6 Å². The lowest BCUT2D eigenvalue weighted by Crippen LogP contribution is -2.37. The maximum atomic E-state index is 13.9. The highest BCUT2D eigenvalue weighted by Gasteiger charge is 2.46. The molecule has 21 heavy (non-hydrogen) atoms. The van der Waals surface area contributed by atoms with Gasteiger partial charge in [0.2, 0.25) is 0 Å². The first-order valence-corrected chi connectivity index (χ1v) is 7.09. The van der Waals surface area contributed by atoms with Crippen molar-refractivity contribution in [3.63, 3.8) is 0 Å². The molecule has 2 N–H and O–H groups in total. The van der Waals surface area contributed by atoms with Gasteiger partial charge in [-0.2, -0.15) is 0 Å². The topological polar surface area (TPSA) is 36.4 Å². The number of halogens is 3. The van der Waals surface area contributed by atoms with Gasteiger partial charge in [-0.05, 0) is 38.3 Å². The zero-order valence-electron chi connectivity index (χ0n) is 12.4. The molecule has 1 aromatic carbocycles. The number of nitrogens with one attached hydrogen (secondary N) is 2. The van der Waals surface area contributed by atoms with E-state index in [9.17, 15) is 8.78 Å². The predicted molar refractivity (Wildman–Crippen MR) is 92.3 cm³/mol. The van der Waals surface area contributed by atoms with Crippen LogP contribution < -0.4 is 10.6 Å². The van der Waals surface area contributed by atoms with Gasteiger partial charge in [-0.15, -0.1) is 24.0 Å². The Morgan fingerprint density at radius 1 is 1.19 bits per heavy atom. The van der Waals surface area contributed by atoms with Crippen molar-refractivity contribution in [3.05, 3.63) is 35.4 Å². The van der Waals surface area contributed by atoms with Crippen LogP contribution in [0.3, 0.4) is 0 Å². The molecule has 2 rings (SSSR count). The van der Waals surface area contributed by atoms with Gasteiger partial charge in [-0.3, -0.25) is 4.99 Å². The summed E-state index contributed by atoms with van der Waals surface area (Å²) in [6.45, 7) is 6.08. The molecule has 0 atom stereocenters. The molecule has 0 aliphatic heterocycles. The molecule has 1 aliphatic rings. The van der Waals surface area contributed by atoms with Crippen LogP contribution in [0.1, 0.15) is 32.3 Å². The van der Waals surface area contributed by atoms with Gasteiger partial charge in [-0.1, -0.05) is 6.07 Å². The molecule has 0 saturated heterocycles. The van der Waals surface area contributed by atoms with E-state index in [1.807, 2.05) is 13.8 Å². The van der Waals surface area contributed by atoms with Crippen molar-refractivity contribution in [2.45, 2.75) is 32.1 Å². The minimum atomic E-state index is -0.536. The first-order valence-electron chi connectivity index (χ1n) is 7.09. The Bertz CT molecular complexity index is 494. The summed E-state index contributed by atoms with van der Waals surface area (Å²) in [5.74, 6) is -0.263. The summed E-state index contributed by atoms with van der Waals surface area (Å²) in [5.41, 5.74) is 0.323. The second kappa shape index (κ2) is 7.91. The van der Waals surface area contributed by atoms with Gasteiger partial charge in [0.15, 0.2) is 5.96 Å². The minimum Gasteiger partial charge on any atom is -0.357 e. The molecular formula is C15H22F2IN3. The predicted octanol–water partition coefficient (Wildman–Crippen LogP) is 3.19. The van der Waals surface area contributed by atoms with Gasteiger partial charge in [-0.25, -0.2) is 8.78 Å². The first-order chi connectivity index (χ1) is 9.61. The van der Waals surface area contributed by atoms with Crippen molar-refractivity contribution >= 4 is 29.9 Å². The fourth-order valence-corrected chi connectivity index (χ4v) is 2.32. The number of benzene rings is 1. The molecule has 118 valence electrons. The lowest BCUT2D eigenvalue weighted by atomic mass is 9.95. The highest BCUT2D eigenvalue weighted by Crippen LogP contribution is 2.49. The zero-order chi connectivity index (χ0) is 14.6. The fourth-order valence-electron chi connectivity index (χ4n) is 2.32. The lowest BCUT2D eigenvalue weighted by molar-refractivity contribution is 0.548. The van der Waals surface area contributed by atoms with Crippen LogP contribution in [-0.4, -0.2) is 25.6 Å². The number of hydrogen-bond acceptors (Lipinski definition) is 1. The summed E-state index contributed by atoms with van der Waals surface area (Å²) < 4.78 is 26.9. The fraction of sp³-hybridized carbons (Fsp3) is 0.533. The molecule has 1 aliphatic carbocycles. The van der Waals surface area contributed by atoms with E-state index in [1.165, 1.54) is 6.07 Å². The van der Waals surface area contributed by atoms with Crippen molar-refractivity contribution in [1.82, 2.24) is 10.6 Å². The minimum absolute atomic E-state index is 0. The Balaban J connectivity index is 0.00000220. The Morgan fingerprint density at radius 3 is 2.29 bits per heavy atom. The van der Waals surface area contributed by atoms with E-state index in [2.05, 4.69) is 15.6 Å². The molecule has 1 saturated carbocycles. The van der Waals surface area contributed by atoms with Crippen molar-refractivity contribution in [2.24, 2.45) is 4.99 Å². The van der Waals surface area contributed by atoms with Crippen LogP contribution in [0.15, 0.2) is 23.2 Å². The van der Waals surface area contributed by atoms with Crippen LogP contribution in [-0.2, 0) is 5.41 Å². The molecule has 0 heterocycles. The average Bonchev–Trinajstić information content (AvgIpc) is 3.17. The number of hydrogen-bond donors (Lipinski definition) is 2. The Labute approximate surface area is 141 Å². The smallest absolute Gasteiger partial charge is 0.191 e. The third-order valence-electron chi connectivity index (χ3n) is 3.58. The van der Waals surface area contributed by atoms with Gasteiger partial charge < -0.3 is 10.6 Å². The summed E-state index contributed by atoms with van der Waals surface area (Å²) in [6.07, 6.45) is 1.79. The van der Waals surface area contributed by atoms with Crippen molar-refractivity contribution in [1.29, 1.82) is 0 Å². The van der Waals surface area contributed by atoms with Crippen LogP contribution in [0, 0.1) is 11.6 Å². The van der Waals surface area contributed by atoms with Gasteiger partial charge in [0.05, 0.1) is 6.54 Å². The maximum absolute atomic E-state index is 13.9. The molecule has 0 amide bonds. The Morgan fingerprint density at radius 2 is 1.81 bits per heavy atom. The third-order valence-corrected chi connectivity index (χ3v) is 3.58. The largest absolute Gasteiger partial charge is 0.357 e. The molecule has 1 fully saturated rings. The highest BCUT2D eigenvalue weighted by atomic mass is 127. The van der Waals surface area contributed by atoms with Gasteiger partial charge >= 0.3 is 0 Å². The maximum Gasteiger partial charge on any atom is 0.191 e. The molecule has 0 aromatic heterocycles. The van der Waals surface area contributed by atoms with E-state index in [0.29, 0.717) is 12.1 Å². The van der Waals surface area contributed by atoms with Crippen molar-refractivity contribution in [3.8, 4) is 0 Å². The monoisotopic (exact) mass is 409 g/mol. The molecule has 6 heteroatoms. The van der Waals surface area contributed by atoms with Gasteiger partial charge in [0.25, 0.3) is 0 Å². The summed E-state index contributed by atoms with van der Waals surface area (Å²) in [7, 11) is 0. The van der Waals surface area contributed by atoms with E-state index in [4.69, 9.17) is 0 Å². The summed E-state index contributed by atoms with van der Waals surface area (Å²) in [5, 5.41) is 6.29. The summed E-state index contributed by atoms with van der Waals surface area (Å²) in [6, 6.07) is 3.82. The Hall–Kier alpha value is -0.920. The molecule has 0 bridgehead atoms. The molecule has 1 aromatic rings. The number of aliphatic imine (C=N–C) groups is 1. The van der Waals surface area contributed by atoms with Gasteiger partial charge in [0.1, 0.15) is 11.6 Å². The number of guanidine groups is 1. The molecule has 0 spiro atoms. The molecular weight excluding hydrogens is 387 g/mol. The summed E-state index contributed by atoms with van der Waals surface area (Å²) >= 11 is 0. The van der Waals surface area contributed by atoms with Crippen LogP contribution in [0.5, 0.6) is 0 Å². The van der Waals surface area contributed by atoms with E-state index in [0.717, 1.165) is 38.0 Å². The molecule has 0 radical (unpaired) electrons. The SMILES string of the molecule is CCNC(=NCC1(c2ccc(F)cc2F)CC1)NCC.I. The third kappa shape index (κ3) is 4.52. The second-order valence-electron chi connectivity index (χ2n) is 5.13. The van der Waals surface area contributed by atoms with Gasteiger partial charge in [0, 0.05) is 24.6 Å². The van der Waals surface area contributed by atoms with Crippen LogP contribution in [0.4, 0.5) is 8.78 Å². The Kier molecular flexibility index (Phi) is 6.83. The van der Waals surface area contributed by atoms with Crippen LogP contribution in [0.2, 0.25) is 0 Å². The summed E-state index contributed by atoms with van der Waals surface area (Å²) in [4.78, 5) is 4.51. The second-order valence-corrected chi connectivity index (χ2v) is 5.13. The number of nitrogens with zero attached hydrogens (tertiary/aromatic N) is 1. The number of rotatable bonds is 5.